The zero-order valence-electron chi connectivity index (χ0n) is 15.5. The maximum absolute atomic E-state index is 13.8. The second-order valence-corrected chi connectivity index (χ2v) is 6.71. The van der Waals surface area contributed by atoms with Gasteiger partial charge in [0.2, 0.25) is 5.91 Å². The number of rotatable bonds is 4. The van der Waals surface area contributed by atoms with Crippen LogP contribution in [0.15, 0.2) is 59.5 Å². The number of aryl methyl sites for hydroxylation is 1. The standard InChI is InChI=1S/C21H19FN4O2/c1-13(20(27)23-11-14-7-3-5-9-17(14)22)26-18-10-6-4-8-15(18)16-12-24-25(2)21(28)19(16)26/h3-10,12-13H,11H2,1-2H3,(H,23,27)/t13-/m0/s1. The molecule has 142 valence electrons. The first-order valence-corrected chi connectivity index (χ1v) is 8.95. The van der Waals surface area contributed by atoms with E-state index in [-0.39, 0.29) is 23.8 Å². The predicted octanol–water partition coefficient (Wildman–Crippen LogP) is 2.90. The van der Waals surface area contributed by atoms with Gasteiger partial charge in [-0.2, -0.15) is 5.10 Å². The Morgan fingerprint density at radius 3 is 2.64 bits per heavy atom. The molecular weight excluding hydrogens is 359 g/mol. The van der Waals surface area contributed by atoms with Crippen LogP contribution in [0.25, 0.3) is 21.8 Å². The molecule has 1 N–H and O–H groups in total. The van der Waals surface area contributed by atoms with Gasteiger partial charge in [0.15, 0.2) is 0 Å². The molecule has 4 aromatic rings. The van der Waals surface area contributed by atoms with Crippen molar-refractivity contribution in [2.45, 2.75) is 19.5 Å². The first-order valence-electron chi connectivity index (χ1n) is 8.95. The van der Waals surface area contributed by atoms with E-state index in [2.05, 4.69) is 10.4 Å². The molecule has 2 aromatic carbocycles. The number of nitrogens with one attached hydrogen (secondary N) is 1. The SMILES string of the molecule is C[C@@H](C(=O)NCc1ccccc1F)n1c2ccccc2c2cnn(C)c(=O)c21. The average Bonchev–Trinajstić information content (AvgIpc) is 3.04. The highest BCUT2D eigenvalue weighted by atomic mass is 19.1. The van der Waals surface area contributed by atoms with Gasteiger partial charge in [0.25, 0.3) is 5.56 Å². The van der Waals surface area contributed by atoms with Gasteiger partial charge in [0.05, 0.1) is 11.7 Å². The van der Waals surface area contributed by atoms with Crippen molar-refractivity contribution in [2.24, 2.45) is 7.05 Å². The number of nitrogens with zero attached hydrogens (tertiary/aromatic N) is 3. The maximum atomic E-state index is 13.8. The lowest BCUT2D eigenvalue weighted by molar-refractivity contribution is -0.123. The molecule has 1 amide bonds. The van der Waals surface area contributed by atoms with E-state index in [1.165, 1.54) is 10.7 Å². The van der Waals surface area contributed by atoms with E-state index >= 15 is 0 Å². The average molecular weight is 378 g/mol. The molecule has 0 bridgehead atoms. The van der Waals surface area contributed by atoms with Crippen LogP contribution in [-0.4, -0.2) is 20.3 Å². The fraction of sp³-hybridized carbons (Fsp3) is 0.190. The Bertz CT molecular complexity index is 1260. The lowest BCUT2D eigenvalue weighted by atomic mass is 10.2. The van der Waals surface area contributed by atoms with E-state index in [9.17, 15) is 14.0 Å². The highest BCUT2D eigenvalue weighted by molar-refractivity contribution is 6.08. The molecule has 0 unspecified atom stereocenters. The van der Waals surface area contributed by atoms with E-state index in [1.807, 2.05) is 24.3 Å². The van der Waals surface area contributed by atoms with Crippen LogP contribution in [-0.2, 0) is 18.4 Å². The minimum absolute atomic E-state index is 0.0759. The molecule has 0 aliphatic rings. The number of aromatic nitrogens is 3. The largest absolute Gasteiger partial charge is 0.350 e. The number of para-hydroxylation sites is 1. The predicted molar refractivity (Wildman–Crippen MR) is 105 cm³/mol. The molecule has 0 radical (unpaired) electrons. The van der Waals surface area contributed by atoms with Gasteiger partial charge in [-0.1, -0.05) is 36.4 Å². The zero-order valence-corrected chi connectivity index (χ0v) is 15.5. The second-order valence-electron chi connectivity index (χ2n) is 6.71. The molecule has 28 heavy (non-hydrogen) atoms. The van der Waals surface area contributed by atoms with Crippen LogP contribution < -0.4 is 10.9 Å². The van der Waals surface area contributed by atoms with E-state index in [0.29, 0.717) is 16.5 Å². The number of amides is 1. The molecule has 0 spiro atoms. The van der Waals surface area contributed by atoms with Crippen LogP contribution in [0.5, 0.6) is 0 Å². The van der Waals surface area contributed by atoms with Gasteiger partial charge in [-0.25, -0.2) is 9.07 Å². The Morgan fingerprint density at radius 1 is 1.14 bits per heavy atom. The summed E-state index contributed by atoms with van der Waals surface area (Å²) in [5, 5.41) is 8.44. The van der Waals surface area contributed by atoms with Crippen LogP contribution in [0.4, 0.5) is 4.39 Å². The summed E-state index contributed by atoms with van der Waals surface area (Å²) in [6, 6.07) is 13.2. The van der Waals surface area contributed by atoms with E-state index in [0.717, 1.165) is 10.9 Å². The van der Waals surface area contributed by atoms with Crippen molar-refractivity contribution in [3.63, 3.8) is 0 Å². The van der Waals surface area contributed by atoms with Gasteiger partial charge < -0.3 is 9.88 Å². The van der Waals surface area contributed by atoms with Crippen molar-refractivity contribution >= 4 is 27.7 Å². The number of carbonyl (C=O) groups excluding carboxylic acids is 1. The summed E-state index contributed by atoms with van der Waals surface area (Å²) in [7, 11) is 1.58. The van der Waals surface area contributed by atoms with Gasteiger partial charge in [0, 0.05) is 29.9 Å². The summed E-state index contributed by atoms with van der Waals surface area (Å²) in [4.78, 5) is 25.6. The molecule has 4 rings (SSSR count). The molecule has 1 atom stereocenters. The number of carbonyl (C=O) groups is 1. The van der Waals surface area contributed by atoms with Gasteiger partial charge in [0.1, 0.15) is 17.4 Å². The first kappa shape index (κ1) is 17.9. The smallest absolute Gasteiger partial charge is 0.291 e. The van der Waals surface area contributed by atoms with Crippen LogP contribution in [0.3, 0.4) is 0 Å². The molecule has 6 nitrogen and oxygen atoms in total. The maximum Gasteiger partial charge on any atom is 0.291 e. The minimum Gasteiger partial charge on any atom is -0.350 e. The van der Waals surface area contributed by atoms with Crippen molar-refractivity contribution in [3.05, 3.63) is 76.5 Å². The Kier molecular flexibility index (Phi) is 4.43. The molecular formula is C21H19FN4O2. The van der Waals surface area contributed by atoms with Crippen LogP contribution >= 0.6 is 0 Å². The molecule has 0 saturated carbocycles. The van der Waals surface area contributed by atoms with Gasteiger partial charge in [-0.3, -0.25) is 9.59 Å². The number of fused-ring (bicyclic) bond motifs is 3. The molecule has 2 heterocycles. The summed E-state index contributed by atoms with van der Waals surface area (Å²) < 4.78 is 16.8. The quantitative estimate of drug-likeness (QED) is 0.594. The van der Waals surface area contributed by atoms with E-state index < -0.39 is 6.04 Å². The van der Waals surface area contributed by atoms with Gasteiger partial charge >= 0.3 is 0 Å². The molecule has 0 saturated heterocycles. The molecule has 7 heteroatoms. The summed E-state index contributed by atoms with van der Waals surface area (Å²) in [5.41, 5.74) is 1.33. The fourth-order valence-corrected chi connectivity index (χ4v) is 3.48. The summed E-state index contributed by atoms with van der Waals surface area (Å²) in [6.45, 7) is 1.80. The third-order valence-corrected chi connectivity index (χ3v) is 4.98. The number of benzene rings is 2. The highest BCUT2D eigenvalue weighted by Crippen LogP contribution is 2.29. The fourth-order valence-electron chi connectivity index (χ4n) is 3.48. The second kappa shape index (κ2) is 6.92. The third kappa shape index (κ3) is 2.85. The number of hydrogen-bond acceptors (Lipinski definition) is 3. The Labute approximate surface area is 160 Å². The highest BCUT2D eigenvalue weighted by Gasteiger charge is 2.23. The van der Waals surface area contributed by atoms with Gasteiger partial charge in [-0.05, 0) is 19.1 Å². The lowest BCUT2D eigenvalue weighted by Crippen LogP contribution is -2.32. The number of halogens is 1. The van der Waals surface area contributed by atoms with Crippen molar-refractivity contribution in [2.75, 3.05) is 0 Å². The Balaban J connectivity index is 1.77. The lowest BCUT2D eigenvalue weighted by Gasteiger charge is -2.17. The Morgan fingerprint density at radius 2 is 1.86 bits per heavy atom. The van der Waals surface area contributed by atoms with Gasteiger partial charge in [-0.15, -0.1) is 0 Å². The molecule has 0 aliphatic carbocycles. The zero-order chi connectivity index (χ0) is 19.8. The topological polar surface area (TPSA) is 68.9 Å². The summed E-state index contributed by atoms with van der Waals surface area (Å²) in [5.74, 6) is -0.669. The normalized spacial score (nSPS) is 12.4. The number of hydrogen-bond donors (Lipinski definition) is 1. The van der Waals surface area contributed by atoms with E-state index in [1.54, 1.807) is 42.9 Å². The third-order valence-electron chi connectivity index (χ3n) is 4.98. The molecule has 2 aromatic heterocycles. The van der Waals surface area contributed by atoms with Crippen molar-refractivity contribution in [3.8, 4) is 0 Å². The monoisotopic (exact) mass is 378 g/mol. The molecule has 0 fully saturated rings. The van der Waals surface area contributed by atoms with E-state index in [4.69, 9.17) is 0 Å². The summed E-state index contributed by atoms with van der Waals surface area (Å²) >= 11 is 0. The van der Waals surface area contributed by atoms with Crippen LogP contribution in [0, 0.1) is 5.82 Å². The Hall–Kier alpha value is -3.48. The summed E-state index contributed by atoms with van der Waals surface area (Å²) in [6.07, 6.45) is 1.64. The first-order chi connectivity index (χ1) is 13.5. The van der Waals surface area contributed by atoms with Crippen molar-refractivity contribution in [1.29, 1.82) is 0 Å². The minimum atomic E-state index is -0.663. The molecule has 0 aliphatic heterocycles. The van der Waals surface area contributed by atoms with Crippen LogP contribution in [0.2, 0.25) is 0 Å². The van der Waals surface area contributed by atoms with Crippen molar-refractivity contribution < 1.29 is 9.18 Å². The van der Waals surface area contributed by atoms with Crippen molar-refractivity contribution in [1.82, 2.24) is 19.7 Å². The van der Waals surface area contributed by atoms with Crippen LogP contribution in [0.1, 0.15) is 18.5 Å².